The molecule has 0 aliphatic rings. The molecule has 0 unspecified atom stereocenters. The van der Waals surface area contributed by atoms with E-state index in [9.17, 15) is 16.8 Å². The van der Waals surface area contributed by atoms with Gasteiger partial charge in [0.05, 0.1) is 20.8 Å². The van der Waals surface area contributed by atoms with Gasteiger partial charge >= 0.3 is 0 Å². The molecule has 3 aromatic rings. The summed E-state index contributed by atoms with van der Waals surface area (Å²) in [4.78, 5) is 3.56. The van der Waals surface area contributed by atoms with E-state index in [1.807, 2.05) is 0 Å². The molecule has 0 atom stereocenters. The SMILES string of the molecule is Nc1cc2sc(S(=O)(=O)c3ccccc3)nc2cc1S(=O)(=O)O. The van der Waals surface area contributed by atoms with Gasteiger partial charge in [-0.15, -0.1) is 11.3 Å². The van der Waals surface area contributed by atoms with E-state index in [0.717, 1.165) is 17.4 Å². The third-order valence-electron chi connectivity index (χ3n) is 3.06. The zero-order chi connectivity index (χ0) is 16.8. The standard InChI is InChI=1S/C13H10N2O5S3/c14-9-6-11-10(7-12(9)23(18,19)20)15-13(21-11)22(16,17)8-4-2-1-3-5-8/h1-7H,14H2,(H,18,19,20). The number of benzene rings is 2. The Morgan fingerprint density at radius 2 is 1.70 bits per heavy atom. The van der Waals surface area contributed by atoms with Crippen molar-refractivity contribution in [3.05, 3.63) is 42.5 Å². The minimum Gasteiger partial charge on any atom is -0.398 e. The van der Waals surface area contributed by atoms with Crippen molar-refractivity contribution in [2.24, 2.45) is 0 Å². The highest BCUT2D eigenvalue weighted by Gasteiger charge is 2.24. The lowest BCUT2D eigenvalue weighted by Crippen LogP contribution is -2.03. The molecule has 7 nitrogen and oxygen atoms in total. The number of aromatic nitrogens is 1. The number of fused-ring (bicyclic) bond motifs is 1. The highest BCUT2D eigenvalue weighted by atomic mass is 32.2. The summed E-state index contributed by atoms with van der Waals surface area (Å²) >= 11 is 0.877. The summed E-state index contributed by atoms with van der Waals surface area (Å²) in [5.74, 6) is 0. The zero-order valence-corrected chi connectivity index (χ0v) is 13.8. The van der Waals surface area contributed by atoms with E-state index in [0.29, 0.717) is 4.70 Å². The van der Waals surface area contributed by atoms with Gasteiger partial charge in [0.1, 0.15) is 4.90 Å². The van der Waals surface area contributed by atoms with Crippen LogP contribution in [0.3, 0.4) is 0 Å². The van der Waals surface area contributed by atoms with Crippen LogP contribution in [0.5, 0.6) is 0 Å². The maximum absolute atomic E-state index is 12.5. The van der Waals surface area contributed by atoms with E-state index < -0.39 is 24.9 Å². The van der Waals surface area contributed by atoms with Crippen molar-refractivity contribution in [3.63, 3.8) is 0 Å². The van der Waals surface area contributed by atoms with Crippen LogP contribution in [0.25, 0.3) is 10.2 Å². The minimum absolute atomic E-state index is 0.0852. The number of anilines is 1. The Hall–Kier alpha value is -2.01. The van der Waals surface area contributed by atoms with Crippen LogP contribution in [0.1, 0.15) is 0 Å². The van der Waals surface area contributed by atoms with Crippen LogP contribution in [0.4, 0.5) is 5.69 Å². The number of hydrogen-bond acceptors (Lipinski definition) is 7. The first-order chi connectivity index (χ1) is 10.7. The Bertz CT molecular complexity index is 1100. The predicted molar refractivity (Wildman–Crippen MR) is 85.7 cm³/mol. The summed E-state index contributed by atoms with van der Waals surface area (Å²) in [5, 5.41) is 0. The Balaban J connectivity index is 2.22. The molecule has 0 aliphatic heterocycles. The van der Waals surface area contributed by atoms with Gasteiger partial charge in [0.25, 0.3) is 10.1 Å². The molecule has 0 bridgehead atoms. The monoisotopic (exact) mass is 370 g/mol. The highest BCUT2D eigenvalue weighted by molar-refractivity contribution is 7.93. The fourth-order valence-corrected chi connectivity index (χ4v) is 5.27. The van der Waals surface area contributed by atoms with Crippen molar-refractivity contribution in [2.45, 2.75) is 14.1 Å². The summed E-state index contributed by atoms with van der Waals surface area (Å²) in [6.07, 6.45) is 0. The Kier molecular flexibility index (Phi) is 3.64. The third kappa shape index (κ3) is 2.81. The van der Waals surface area contributed by atoms with Crippen molar-refractivity contribution in [3.8, 4) is 0 Å². The van der Waals surface area contributed by atoms with Gasteiger partial charge in [0.15, 0.2) is 0 Å². The molecule has 0 amide bonds. The van der Waals surface area contributed by atoms with Gasteiger partial charge in [-0.1, -0.05) is 18.2 Å². The summed E-state index contributed by atoms with van der Waals surface area (Å²) in [7, 11) is -8.32. The molecule has 2 aromatic carbocycles. The molecule has 3 N–H and O–H groups in total. The second kappa shape index (κ2) is 5.27. The molecule has 3 rings (SSSR count). The number of nitrogens with zero attached hydrogens (tertiary/aromatic N) is 1. The Labute approximate surface area is 136 Å². The van der Waals surface area contributed by atoms with Crippen molar-refractivity contribution in [1.82, 2.24) is 4.98 Å². The Morgan fingerprint density at radius 1 is 1.04 bits per heavy atom. The fraction of sp³-hybridized carbons (Fsp3) is 0. The van der Waals surface area contributed by atoms with Gasteiger partial charge < -0.3 is 5.73 Å². The van der Waals surface area contributed by atoms with Gasteiger partial charge in [-0.3, -0.25) is 4.55 Å². The quantitative estimate of drug-likeness (QED) is 0.533. The van der Waals surface area contributed by atoms with E-state index in [1.54, 1.807) is 18.2 Å². The number of thiazole rings is 1. The maximum Gasteiger partial charge on any atom is 0.296 e. The first kappa shape index (κ1) is 15.9. The first-order valence-electron chi connectivity index (χ1n) is 6.17. The van der Waals surface area contributed by atoms with E-state index in [1.165, 1.54) is 18.2 Å². The number of hydrogen-bond donors (Lipinski definition) is 2. The molecular formula is C13H10N2O5S3. The second-order valence-electron chi connectivity index (χ2n) is 4.63. The summed E-state index contributed by atoms with van der Waals surface area (Å²) < 4.78 is 56.9. The van der Waals surface area contributed by atoms with Gasteiger partial charge in [0, 0.05) is 0 Å². The molecule has 0 spiro atoms. The molecule has 1 aromatic heterocycles. The lowest BCUT2D eigenvalue weighted by molar-refractivity contribution is 0.483. The smallest absolute Gasteiger partial charge is 0.296 e. The molecule has 120 valence electrons. The molecule has 1 heterocycles. The van der Waals surface area contributed by atoms with Gasteiger partial charge in [-0.05, 0) is 24.3 Å². The number of rotatable bonds is 3. The van der Waals surface area contributed by atoms with E-state index in [2.05, 4.69) is 4.98 Å². The van der Waals surface area contributed by atoms with Crippen molar-refractivity contribution >= 4 is 47.2 Å². The molecule has 0 radical (unpaired) electrons. The highest BCUT2D eigenvalue weighted by Crippen LogP contribution is 2.33. The zero-order valence-electron chi connectivity index (χ0n) is 11.4. The van der Waals surface area contributed by atoms with Crippen molar-refractivity contribution in [1.29, 1.82) is 0 Å². The van der Waals surface area contributed by atoms with Crippen LogP contribution < -0.4 is 5.73 Å². The third-order valence-corrected chi connectivity index (χ3v) is 7.14. The van der Waals surface area contributed by atoms with E-state index in [4.69, 9.17) is 10.3 Å². The maximum atomic E-state index is 12.5. The molecular weight excluding hydrogens is 360 g/mol. The first-order valence-corrected chi connectivity index (χ1v) is 9.91. The van der Waals surface area contributed by atoms with Crippen LogP contribution >= 0.6 is 11.3 Å². The molecule has 0 saturated carbocycles. The Morgan fingerprint density at radius 3 is 2.30 bits per heavy atom. The van der Waals surface area contributed by atoms with Crippen LogP contribution in [-0.2, 0) is 20.0 Å². The van der Waals surface area contributed by atoms with Crippen LogP contribution in [0.15, 0.2) is 56.6 Å². The lowest BCUT2D eigenvalue weighted by Gasteiger charge is -2.00. The van der Waals surface area contributed by atoms with Crippen LogP contribution in [0.2, 0.25) is 0 Å². The summed E-state index contributed by atoms with van der Waals surface area (Å²) in [5.41, 5.74) is 5.55. The predicted octanol–water partition coefficient (Wildman–Crippen LogP) is 1.96. The van der Waals surface area contributed by atoms with Crippen molar-refractivity contribution in [2.75, 3.05) is 5.73 Å². The number of sulfone groups is 1. The van der Waals surface area contributed by atoms with Crippen molar-refractivity contribution < 1.29 is 21.4 Å². The molecule has 0 aliphatic carbocycles. The largest absolute Gasteiger partial charge is 0.398 e. The minimum atomic E-state index is -4.51. The van der Waals surface area contributed by atoms with Gasteiger partial charge in [-0.25, -0.2) is 13.4 Å². The molecule has 10 heteroatoms. The fourth-order valence-electron chi connectivity index (χ4n) is 1.99. The normalized spacial score (nSPS) is 12.6. The lowest BCUT2D eigenvalue weighted by atomic mass is 10.3. The van der Waals surface area contributed by atoms with E-state index >= 15 is 0 Å². The number of nitrogen functional groups attached to an aromatic ring is 1. The van der Waals surface area contributed by atoms with E-state index in [-0.39, 0.29) is 20.4 Å². The second-order valence-corrected chi connectivity index (χ2v) is 9.17. The molecule has 0 fully saturated rings. The van der Waals surface area contributed by atoms with Crippen LogP contribution in [0, 0.1) is 0 Å². The number of nitrogens with two attached hydrogens (primary N) is 1. The molecule has 23 heavy (non-hydrogen) atoms. The molecule has 0 saturated heterocycles. The summed E-state index contributed by atoms with van der Waals surface area (Å²) in [6.45, 7) is 0. The van der Waals surface area contributed by atoms with Gasteiger partial charge in [0.2, 0.25) is 14.2 Å². The topological polar surface area (TPSA) is 127 Å². The average Bonchev–Trinajstić information content (AvgIpc) is 2.90. The average molecular weight is 370 g/mol. The summed E-state index contributed by atoms with van der Waals surface area (Å²) in [6, 6.07) is 10.1. The van der Waals surface area contributed by atoms with Gasteiger partial charge in [-0.2, -0.15) is 8.42 Å². The van der Waals surface area contributed by atoms with Crippen LogP contribution in [-0.4, -0.2) is 26.4 Å².